The summed E-state index contributed by atoms with van der Waals surface area (Å²) in [6.07, 6.45) is 6.13. The van der Waals surface area contributed by atoms with E-state index in [1.54, 1.807) is 6.07 Å². The topological polar surface area (TPSA) is 66.9 Å². The fraction of sp³-hybridized carbons (Fsp3) is 0.682. The van der Waals surface area contributed by atoms with Crippen LogP contribution in [-0.2, 0) is 32.4 Å². The van der Waals surface area contributed by atoms with Gasteiger partial charge in [0.25, 0.3) is 0 Å². The van der Waals surface area contributed by atoms with Gasteiger partial charge in [0.05, 0.1) is 10.8 Å². The molecule has 1 aromatic rings. The number of rotatable bonds is 5. The van der Waals surface area contributed by atoms with Crippen LogP contribution >= 0.6 is 0 Å². The van der Waals surface area contributed by atoms with Crippen LogP contribution in [0.1, 0.15) is 50.2 Å². The molecule has 2 aliphatic heterocycles. The van der Waals surface area contributed by atoms with Crippen molar-refractivity contribution in [2.75, 3.05) is 32.7 Å². The number of nitrogens with zero attached hydrogens (tertiary/aromatic N) is 2. The maximum absolute atomic E-state index is 13.1. The third-order valence-electron chi connectivity index (χ3n) is 6.69. The molecule has 1 unspecified atom stereocenters. The second-order valence-electron chi connectivity index (χ2n) is 8.56. The molecular weight excluding hydrogens is 388 g/mol. The molecule has 0 N–H and O–H groups in total. The SMILES string of the molecule is CCN1CCCC(OC(=O)C2CCN(S(=O)(=O)c3ccc4c(c3)CCC4)CC2)C1. The third-order valence-corrected chi connectivity index (χ3v) is 8.58. The van der Waals surface area contributed by atoms with Gasteiger partial charge >= 0.3 is 5.97 Å². The average Bonchev–Trinajstić information content (AvgIpc) is 3.22. The summed E-state index contributed by atoms with van der Waals surface area (Å²) >= 11 is 0. The molecule has 2 saturated heterocycles. The van der Waals surface area contributed by atoms with Gasteiger partial charge in [-0.05, 0) is 81.3 Å². The number of likely N-dealkylation sites (tertiary alicyclic amines) is 1. The van der Waals surface area contributed by atoms with Gasteiger partial charge in [-0.1, -0.05) is 13.0 Å². The van der Waals surface area contributed by atoms with Gasteiger partial charge in [0.15, 0.2) is 0 Å². The Morgan fingerprint density at radius 2 is 1.83 bits per heavy atom. The molecule has 0 radical (unpaired) electrons. The molecule has 7 heteroatoms. The van der Waals surface area contributed by atoms with Crippen molar-refractivity contribution in [1.29, 1.82) is 0 Å². The van der Waals surface area contributed by atoms with Crippen molar-refractivity contribution in [3.8, 4) is 0 Å². The number of fused-ring (bicyclic) bond motifs is 1. The largest absolute Gasteiger partial charge is 0.461 e. The number of sulfonamides is 1. The Balaban J connectivity index is 1.33. The lowest BCUT2D eigenvalue weighted by molar-refractivity contribution is -0.157. The van der Waals surface area contributed by atoms with Gasteiger partial charge in [-0.25, -0.2) is 8.42 Å². The predicted molar refractivity (Wildman–Crippen MR) is 111 cm³/mol. The molecule has 0 saturated carbocycles. The second-order valence-corrected chi connectivity index (χ2v) is 10.5. The quantitative estimate of drug-likeness (QED) is 0.685. The molecule has 2 heterocycles. The molecule has 0 spiro atoms. The Bertz CT molecular complexity index is 846. The van der Waals surface area contributed by atoms with Crippen LogP contribution in [0.2, 0.25) is 0 Å². The number of likely N-dealkylation sites (N-methyl/N-ethyl adjacent to an activating group) is 1. The van der Waals surface area contributed by atoms with Crippen molar-refractivity contribution in [2.45, 2.75) is 62.9 Å². The Kier molecular flexibility index (Phi) is 6.27. The lowest BCUT2D eigenvalue weighted by Gasteiger charge is -2.34. The van der Waals surface area contributed by atoms with E-state index in [1.807, 2.05) is 12.1 Å². The highest BCUT2D eigenvalue weighted by atomic mass is 32.2. The van der Waals surface area contributed by atoms with Crippen LogP contribution < -0.4 is 0 Å². The Labute approximate surface area is 174 Å². The minimum Gasteiger partial charge on any atom is -0.461 e. The Morgan fingerprint density at radius 3 is 2.59 bits per heavy atom. The summed E-state index contributed by atoms with van der Waals surface area (Å²) in [5, 5.41) is 0. The van der Waals surface area contributed by atoms with Crippen molar-refractivity contribution >= 4 is 16.0 Å². The third kappa shape index (κ3) is 4.52. The monoisotopic (exact) mass is 420 g/mol. The molecule has 1 aromatic carbocycles. The molecule has 2 fully saturated rings. The van der Waals surface area contributed by atoms with Gasteiger partial charge in [0, 0.05) is 19.6 Å². The van der Waals surface area contributed by atoms with E-state index >= 15 is 0 Å². The van der Waals surface area contributed by atoms with E-state index in [9.17, 15) is 13.2 Å². The van der Waals surface area contributed by atoms with Crippen molar-refractivity contribution in [3.63, 3.8) is 0 Å². The first-order chi connectivity index (χ1) is 14.0. The van der Waals surface area contributed by atoms with Gasteiger partial charge in [0.1, 0.15) is 6.10 Å². The van der Waals surface area contributed by atoms with Crippen LogP contribution in [0.4, 0.5) is 0 Å². The fourth-order valence-electron chi connectivity index (χ4n) is 4.85. The van der Waals surface area contributed by atoms with Crippen LogP contribution in [-0.4, -0.2) is 62.4 Å². The molecule has 29 heavy (non-hydrogen) atoms. The number of esters is 1. The number of hydrogen-bond donors (Lipinski definition) is 0. The summed E-state index contributed by atoms with van der Waals surface area (Å²) in [6, 6.07) is 5.55. The first kappa shape index (κ1) is 20.8. The van der Waals surface area contributed by atoms with Gasteiger partial charge < -0.3 is 4.74 Å². The summed E-state index contributed by atoms with van der Waals surface area (Å²) in [6.45, 7) is 5.75. The fourth-order valence-corrected chi connectivity index (χ4v) is 6.37. The average molecular weight is 421 g/mol. The minimum atomic E-state index is -3.50. The van der Waals surface area contributed by atoms with Gasteiger partial charge in [-0.3, -0.25) is 9.69 Å². The first-order valence-electron chi connectivity index (χ1n) is 11.0. The molecule has 1 aliphatic carbocycles. The maximum atomic E-state index is 13.1. The van der Waals surface area contributed by atoms with Crippen molar-refractivity contribution in [1.82, 2.24) is 9.21 Å². The highest BCUT2D eigenvalue weighted by Gasteiger charge is 2.34. The number of carbonyl (C=O) groups excluding carboxylic acids is 1. The molecule has 4 rings (SSSR count). The van der Waals surface area contributed by atoms with Gasteiger partial charge in [0.2, 0.25) is 10.0 Å². The number of piperidine rings is 2. The van der Waals surface area contributed by atoms with E-state index in [2.05, 4.69) is 11.8 Å². The molecule has 0 bridgehead atoms. The summed E-state index contributed by atoms with van der Waals surface area (Å²) in [5.41, 5.74) is 2.44. The number of aryl methyl sites for hydroxylation is 2. The summed E-state index contributed by atoms with van der Waals surface area (Å²) in [7, 11) is -3.50. The highest BCUT2D eigenvalue weighted by Crippen LogP contribution is 2.29. The van der Waals surface area contributed by atoms with E-state index in [0.717, 1.165) is 57.3 Å². The van der Waals surface area contributed by atoms with Crippen LogP contribution in [0.3, 0.4) is 0 Å². The minimum absolute atomic E-state index is 0.0237. The highest BCUT2D eigenvalue weighted by molar-refractivity contribution is 7.89. The zero-order chi connectivity index (χ0) is 20.4. The van der Waals surface area contributed by atoms with Crippen molar-refractivity contribution < 1.29 is 17.9 Å². The molecule has 6 nitrogen and oxygen atoms in total. The van der Waals surface area contributed by atoms with Crippen molar-refractivity contribution in [2.24, 2.45) is 5.92 Å². The lowest BCUT2D eigenvalue weighted by Crippen LogP contribution is -2.43. The smallest absolute Gasteiger partial charge is 0.309 e. The summed E-state index contributed by atoms with van der Waals surface area (Å²) < 4.78 is 33.4. The van der Waals surface area contributed by atoms with E-state index in [-0.39, 0.29) is 18.0 Å². The van der Waals surface area contributed by atoms with E-state index in [0.29, 0.717) is 30.8 Å². The molecular formula is C22H32N2O4S. The molecule has 160 valence electrons. The standard InChI is InChI=1S/C22H32N2O4S/c1-2-23-12-4-7-20(16-23)28-22(25)18-10-13-24(14-11-18)29(26,27)21-9-8-17-5-3-6-19(17)15-21/h8-9,15,18,20H,2-7,10-14,16H2,1H3. The van der Waals surface area contributed by atoms with Crippen LogP contribution in [0.5, 0.6) is 0 Å². The van der Waals surface area contributed by atoms with Crippen LogP contribution in [0.15, 0.2) is 23.1 Å². The first-order valence-corrected chi connectivity index (χ1v) is 12.5. The molecule has 3 aliphatic rings. The van der Waals surface area contributed by atoms with E-state index in [4.69, 9.17) is 4.74 Å². The Hall–Kier alpha value is -1.44. The number of carbonyl (C=O) groups is 1. The molecule has 0 amide bonds. The van der Waals surface area contributed by atoms with Gasteiger partial charge in [-0.15, -0.1) is 0 Å². The summed E-state index contributed by atoms with van der Waals surface area (Å²) in [4.78, 5) is 15.3. The van der Waals surface area contributed by atoms with Crippen LogP contribution in [0.25, 0.3) is 0 Å². The number of ether oxygens (including phenoxy) is 1. The van der Waals surface area contributed by atoms with Crippen LogP contribution in [0, 0.1) is 5.92 Å². The molecule has 1 atom stereocenters. The number of hydrogen-bond acceptors (Lipinski definition) is 5. The Morgan fingerprint density at radius 1 is 1.07 bits per heavy atom. The maximum Gasteiger partial charge on any atom is 0.309 e. The zero-order valence-corrected chi connectivity index (χ0v) is 18.1. The molecule has 0 aromatic heterocycles. The predicted octanol–water partition coefficient (Wildman–Crippen LogP) is 2.60. The lowest BCUT2D eigenvalue weighted by atomic mass is 9.98. The van der Waals surface area contributed by atoms with E-state index < -0.39 is 10.0 Å². The normalized spacial score (nSPS) is 24.4. The van der Waals surface area contributed by atoms with Gasteiger partial charge in [-0.2, -0.15) is 4.31 Å². The summed E-state index contributed by atoms with van der Waals surface area (Å²) in [5.74, 6) is -0.346. The second kappa shape index (κ2) is 8.74. The zero-order valence-electron chi connectivity index (χ0n) is 17.3. The number of benzene rings is 1. The van der Waals surface area contributed by atoms with E-state index in [1.165, 1.54) is 9.87 Å². The van der Waals surface area contributed by atoms with Crippen molar-refractivity contribution in [3.05, 3.63) is 29.3 Å².